The van der Waals surface area contributed by atoms with Gasteiger partial charge in [-0.3, -0.25) is 0 Å². The maximum absolute atomic E-state index is 7.02. The van der Waals surface area contributed by atoms with Gasteiger partial charge >= 0.3 is 0 Å². The minimum absolute atomic E-state index is 0.0742. The summed E-state index contributed by atoms with van der Waals surface area (Å²) in [5, 5.41) is 0. The highest BCUT2D eigenvalue weighted by atomic mass is 16.5. The van der Waals surface area contributed by atoms with Gasteiger partial charge in [0.1, 0.15) is 6.10 Å². The molecule has 0 bridgehead atoms. The van der Waals surface area contributed by atoms with E-state index in [9.17, 15) is 0 Å². The lowest BCUT2D eigenvalue weighted by atomic mass is 9.52. The Morgan fingerprint density at radius 2 is 1.51 bits per heavy atom. The Balaban J connectivity index is 1.00. The summed E-state index contributed by atoms with van der Waals surface area (Å²) >= 11 is 0. The standard InChI is InChI=1S/C53H63NO/c1-3-14-36(15-4-1)38-26-29-41(30-27-38)54(42-20-13-19-40(34-42)37-16-5-2-6-17-37)43-31-33-46-45(35-43)52-44-21-8-7-18-39(44)28-32-49(52)53(46)47-22-9-11-24-50(47)55-51-25-12-10-23-48(51)53/h3,9,11,13-15,19-20,22,24,26-27,29,31,33,37,40-41,43,47,49-50,52H,1-2,4-8,10,12,16-18,21,23,25,28,30,32,34-35H2. The molecule has 0 N–H and O–H groups in total. The van der Waals surface area contributed by atoms with Crippen LogP contribution in [-0.2, 0) is 4.74 Å². The second-order valence-corrected chi connectivity index (χ2v) is 19.1. The van der Waals surface area contributed by atoms with Crippen LogP contribution in [0.4, 0.5) is 0 Å². The van der Waals surface area contributed by atoms with Gasteiger partial charge in [-0.05, 0) is 155 Å². The molecule has 1 heterocycles. The van der Waals surface area contributed by atoms with Crippen LogP contribution in [0.25, 0.3) is 0 Å². The Morgan fingerprint density at radius 3 is 2.40 bits per heavy atom. The minimum Gasteiger partial charge on any atom is -0.490 e. The molecule has 1 saturated carbocycles. The molecule has 11 rings (SSSR count). The topological polar surface area (TPSA) is 12.5 Å². The molecule has 8 atom stereocenters. The van der Waals surface area contributed by atoms with Crippen molar-refractivity contribution in [2.24, 2.45) is 35.0 Å². The van der Waals surface area contributed by atoms with Crippen LogP contribution in [0.15, 0.2) is 142 Å². The average molecular weight is 730 g/mol. The van der Waals surface area contributed by atoms with E-state index < -0.39 is 0 Å². The van der Waals surface area contributed by atoms with E-state index >= 15 is 0 Å². The predicted octanol–water partition coefficient (Wildman–Crippen LogP) is 13.4. The van der Waals surface area contributed by atoms with E-state index in [2.05, 4.69) is 96.0 Å². The lowest BCUT2D eigenvalue weighted by molar-refractivity contribution is 0.00136. The number of hydrogen-bond acceptors (Lipinski definition) is 2. The summed E-state index contributed by atoms with van der Waals surface area (Å²) < 4.78 is 7.02. The molecule has 0 radical (unpaired) electrons. The van der Waals surface area contributed by atoms with Gasteiger partial charge in [-0.25, -0.2) is 0 Å². The van der Waals surface area contributed by atoms with Gasteiger partial charge in [0.05, 0.1) is 17.8 Å². The van der Waals surface area contributed by atoms with Crippen molar-refractivity contribution < 1.29 is 4.74 Å². The van der Waals surface area contributed by atoms with Gasteiger partial charge < -0.3 is 9.64 Å². The summed E-state index contributed by atoms with van der Waals surface area (Å²) in [5.41, 5.74) is 13.5. The first kappa shape index (κ1) is 34.7. The molecule has 2 heteroatoms. The summed E-state index contributed by atoms with van der Waals surface area (Å²) in [6.45, 7) is 0. The zero-order chi connectivity index (χ0) is 36.3. The van der Waals surface area contributed by atoms with Crippen molar-refractivity contribution in [1.82, 2.24) is 4.90 Å². The first-order chi connectivity index (χ1) is 27.3. The van der Waals surface area contributed by atoms with E-state index in [-0.39, 0.29) is 11.5 Å². The maximum atomic E-state index is 7.02. The molecule has 8 unspecified atom stereocenters. The van der Waals surface area contributed by atoms with Gasteiger partial charge in [0.2, 0.25) is 0 Å². The van der Waals surface area contributed by atoms with Crippen molar-refractivity contribution in [3.63, 3.8) is 0 Å². The van der Waals surface area contributed by atoms with Crippen LogP contribution < -0.4 is 0 Å². The molecule has 286 valence electrons. The SMILES string of the molecule is C1=CC(C2CCCCC2)CC(N(C2C=CC(C3=CCCC=C3)=CC2)C2C=CC3=C(C2)C2C4=C(CCCC4)CCC2C32C3=C(CCCC3)OC3C=CC=CC32)=C1. The second-order valence-electron chi connectivity index (χ2n) is 19.1. The quantitative estimate of drug-likeness (QED) is 0.261. The Labute approximate surface area is 331 Å². The van der Waals surface area contributed by atoms with Crippen molar-refractivity contribution in [1.29, 1.82) is 0 Å². The van der Waals surface area contributed by atoms with Crippen LogP contribution in [0.3, 0.4) is 0 Å². The van der Waals surface area contributed by atoms with Crippen molar-refractivity contribution in [2.45, 2.75) is 147 Å². The smallest absolute Gasteiger partial charge is 0.124 e. The zero-order valence-corrected chi connectivity index (χ0v) is 33.3. The van der Waals surface area contributed by atoms with Gasteiger partial charge in [-0.15, -0.1) is 0 Å². The van der Waals surface area contributed by atoms with Gasteiger partial charge in [0.25, 0.3) is 0 Å². The molecular formula is C53H63NO. The van der Waals surface area contributed by atoms with E-state index in [0.29, 0.717) is 35.8 Å². The number of rotatable bonds is 5. The fraction of sp³-hybridized carbons (Fsp3) is 0.547. The summed E-state index contributed by atoms with van der Waals surface area (Å²) in [7, 11) is 0. The number of allylic oxidation sites excluding steroid dienone is 18. The third-order valence-electron chi connectivity index (χ3n) is 16.4. The molecule has 1 spiro atoms. The predicted molar refractivity (Wildman–Crippen MR) is 227 cm³/mol. The van der Waals surface area contributed by atoms with Crippen LogP contribution in [0.5, 0.6) is 0 Å². The first-order valence-electron chi connectivity index (χ1n) is 23.0. The van der Waals surface area contributed by atoms with E-state index in [0.717, 1.165) is 18.8 Å². The number of nitrogens with zero attached hydrogens (tertiary/aromatic N) is 1. The Kier molecular flexibility index (Phi) is 9.12. The third kappa shape index (κ3) is 5.76. The third-order valence-corrected chi connectivity index (χ3v) is 16.4. The van der Waals surface area contributed by atoms with Crippen LogP contribution >= 0.6 is 0 Å². The molecule has 11 aliphatic rings. The van der Waals surface area contributed by atoms with Crippen molar-refractivity contribution in [2.75, 3.05) is 0 Å². The Bertz CT molecular complexity index is 1960. The first-order valence-corrected chi connectivity index (χ1v) is 23.0. The van der Waals surface area contributed by atoms with Gasteiger partial charge in [-0.1, -0.05) is 115 Å². The van der Waals surface area contributed by atoms with Crippen molar-refractivity contribution >= 4 is 0 Å². The van der Waals surface area contributed by atoms with E-state index in [1.54, 1.807) is 16.8 Å². The van der Waals surface area contributed by atoms with Crippen LogP contribution in [0.1, 0.15) is 128 Å². The molecule has 1 fully saturated rings. The minimum atomic E-state index is 0.0742. The normalized spacial score (nSPS) is 37.8. The highest BCUT2D eigenvalue weighted by molar-refractivity contribution is 5.58. The van der Waals surface area contributed by atoms with E-state index in [4.69, 9.17) is 4.74 Å². The maximum Gasteiger partial charge on any atom is 0.124 e. The van der Waals surface area contributed by atoms with E-state index in [1.807, 2.05) is 16.7 Å². The summed E-state index contributed by atoms with van der Waals surface area (Å²) in [4.78, 5) is 2.95. The molecule has 55 heavy (non-hydrogen) atoms. The monoisotopic (exact) mass is 729 g/mol. The summed E-state index contributed by atoms with van der Waals surface area (Å²) in [6, 6.07) is 0.761. The highest BCUT2D eigenvalue weighted by Gasteiger charge is 2.64. The molecule has 0 aromatic heterocycles. The molecular weight excluding hydrogens is 667 g/mol. The van der Waals surface area contributed by atoms with Crippen LogP contribution in [0, 0.1) is 35.0 Å². The molecule has 0 amide bonds. The molecule has 2 nitrogen and oxygen atoms in total. The molecule has 10 aliphatic carbocycles. The zero-order valence-electron chi connectivity index (χ0n) is 33.3. The fourth-order valence-corrected chi connectivity index (χ4v) is 14.2. The number of ether oxygens (including phenoxy) is 1. The van der Waals surface area contributed by atoms with Gasteiger partial charge in [-0.2, -0.15) is 0 Å². The number of hydrogen-bond donors (Lipinski definition) is 0. The molecule has 1 aliphatic heterocycles. The highest BCUT2D eigenvalue weighted by Crippen LogP contribution is 2.70. The van der Waals surface area contributed by atoms with Gasteiger partial charge in [0.15, 0.2) is 0 Å². The average Bonchev–Trinajstić information content (AvgIpc) is 3.55. The fourth-order valence-electron chi connectivity index (χ4n) is 14.2. The molecule has 0 aromatic carbocycles. The second kappa shape index (κ2) is 14.5. The lowest BCUT2D eigenvalue weighted by Gasteiger charge is -2.55. The van der Waals surface area contributed by atoms with Crippen LogP contribution in [-0.4, -0.2) is 23.1 Å². The lowest BCUT2D eigenvalue weighted by Crippen LogP contribution is -2.50. The largest absolute Gasteiger partial charge is 0.490 e. The van der Waals surface area contributed by atoms with Crippen molar-refractivity contribution in [3.05, 3.63) is 142 Å². The molecule has 0 aromatic rings. The summed E-state index contributed by atoms with van der Waals surface area (Å²) in [6.07, 6.45) is 63.6. The van der Waals surface area contributed by atoms with Gasteiger partial charge in [0, 0.05) is 29.4 Å². The number of fused-ring (bicyclic) bond motifs is 8. The summed E-state index contributed by atoms with van der Waals surface area (Å²) in [5.74, 6) is 4.56. The molecule has 0 saturated heterocycles. The van der Waals surface area contributed by atoms with E-state index in [1.165, 1.54) is 132 Å². The Hall–Kier alpha value is -3.52. The van der Waals surface area contributed by atoms with Crippen LogP contribution in [0.2, 0.25) is 0 Å². The van der Waals surface area contributed by atoms with Crippen molar-refractivity contribution in [3.8, 4) is 0 Å². The Morgan fingerprint density at radius 1 is 0.655 bits per heavy atom.